The largest absolute Gasteiger partial charge is 0.272 e. The van der Waals surface area contributed by atoms with Crippen molar-refractivity contribution in [2.24, 2.45) is 4.99 Å². The molecule has 1 atom stereocenters. The molecular weight excluding hydrogens is 455 g/mol. The highest BCUT2D eigenvalue weighted by atomic mass is 32.1. The number of aromatic nitrogens is 1. The predicted molar refractivity (Wildman–Crippen MR) is 140 cm³/mol. The summed E-state index contributed by atoms with van der Waals surface area (Å²) in [4.78, 5) is 19.5. The van der Waals surface area contributed by atoms with Crippen molar-refractivity contribution in [2.45, 2.75) is 38.6 Å². The SMILES string of the molecule is CC(C)c1ccc(/C=c2/sc3n(c2=O)[C@@H](c2ccc(F)cc2)C2=C(N=3)c3ccccc3CC2)cc1. The van der Waals surface area contributed by atoms with Gasteiger partial charge in [0.05, 0.1) is 16.3 Å². The van der Waals surface area contributed by atoms with Crippen LogP contribution in [0.5, 0.6) is 0 Å². The summed E-state index contributed by atoms with van der Waals surface area (Å²) in [6, 6.07) is 22.9. The smallest absolute Gasteiger partial charge is 0.271 e. The van der Waals surface area contributed by atoms with E-state index < -0.39 is 0 Å². The van der Waals surface area contributed by atoms with Crippen LogP contribution in [-0.2, 0) is 6.42 Å². The molecule has 1 aromatic heterocycles. The molecule has 0 saturated heterocycles. The van der Waals surface area contributed by atoms with Gasteiger partial charge in [-0.05, 0) is 64.8 Å². The molecule has 0 unspecified atom stereocenters. The third-order valence-electron chi connectivity index (χ3n) is 6.96. The van der Waals surface area contributed by atoms with Crippen LogP contribution in [0.15, 0.2) is 88.2 Å². The number of fused-ring (bicyclic) bond motifs is 3. The van der Waals surface area contributed by atoms with E-state index in [1.54, 1.807) is 16.7 Å². The van der Waals surface area contributed by atoms with E-state index in [1.165, 1.54) is 34.6 Å². The summed E-state index contributed by atoms with van der Waals surface area (Å²) in [7, 11) is 0. The van der Waals surface area contributed by atoms with Crippen LogP contribution in [0, 0.1) is 5.82 Å². The Labute approximate surface area is 207 Å². The average molecular weight is 481 g/mol. The Morgan fingerprint density at radius 3 is 2.49 bits per heavy atom. The molecule has 5 heteroatoms. The number of allylic oxidation sites excluding steroid dienone is 1. The number of thiazole rings is 1. The molecule has 2 aliphatic rings. The summed E-state index contributed by atoms with van der Waals surface area (Å²) >= 11 is 1.42. The summed E-state index contributed by atoms with van der Waals surface area (Å²) in [5.74, 6) is 0.175. The molecule has 3 aromatic carbocycles. The lowest BCUT2D eigenvalue weighted by atomic mass is 9.83. The first kappa shape index (κ1) is 21.9. The molecular formula is C30H25FN2OS. The van der Waals surface area contributed by atoms with E-state index in [-0.39, 0.29) is 17.4 Å². The van der Waals surface area contributed by atoms with Crippen LogP contribution < -0.4 is 14.9 Å². The van der Waals surface area contributed by atoms with E-state index in [2.05, 4.69) is 56.3 Å². The van der Waals surface area contributed by atoms with Gasteiger partial charge >= 0.3 is 0 Å². The van der Waals surface area contributed by atoms with Crippen molar-refractivity contribution in [3.05, 3.63) is 132 Å². The standard InChI is InChI=1S/C30H25FN2OS/c1-18(2)20-9-7-19(8-10-20)17-26-29(34)33-28(22-11-14-23(31)15-12-22)25-16-13-21-5-3-4-6-24(21)27(25)32-30(33)35-26/h3-12,14-15,17-18,28H,13,16H2,1-2H3/b26-17+/t28-/m0/s1. The topological polar surface area (TPSA) is 34.4 Å². The summed E-state index contributed by atoms with van der Waals surface area (Å²) in [6.07, 6.45) is 3.67. The molecule has 0 fully saturated rings. The Morgan fingerprint density at radius 2 is 1.74 bits per heavy atom. The van der Waals surface area contributed by atoms with Crippen molar-refractivity contribution < 1.29 is 4.39 Å². The first-order valence-corrected chi connectivity index (χ1v) is 12.8. The van der Waals surface area contributed by atoms with Crippen molar-refractivity contribution in [2.75, 3.05) is 0 Å². The zero-order chi connectivity index (χ0) is 24.1. The maximum absolute atomic E-state index is 13.8. The van der Waals surface area contributed by atoms with Crippen molar-refractivity contribution in [3.8, 4) is 0 Å². The Morgan fingerprint density at radius 1 is 1.00 bits per heavy atom. The molecule has 0 spiro atoms. The van der Waals surface area contributed by atoms with Gasteiger partial charge in [0.2, 0.25) is 0 Å². The molecule has 3 nitrogen and oxygen atoms in total. The Bertz CT molecular complexity index is 1640. The van der Waals surface area contributed by atoms with Crippen molar-refractivity contribution in [1.82, 2.24) is 4.57 Å². The molecule has 0 bridgehead atoms. The van der Waals surface area contributed by atoms with Crippen LogP contribution in [0.1, 0.15) is 60.0 Å². The van der Waals surface area contributed by atoms with Gasteiger partial charge in [0.15, 0.2) is 4.80 Å². The fraction of sp³-hybridized carbons (Fsp3) is 0.200. The van der Waals surface area contributed by atoms with E-state index in [0.717, 1.165) is 40.8 Å². The number of hydrogen-bond donors (Lipinski definition) is 0. The molecule has 174 valence electrons. The number of aryl methyl sites for hydroxylation is 1. The van der Waals surface area contributed by atoms with Gasteiger partial charge in [-0.1, -0.05) is 85.8 Å². The fourth-order valence-electron chi connectivity index (χ4n) is 5.10. The number of rotatable bonds is 3. The summed E-state index contributed by atoms with van der Waals surface area (Å²) < 4.78 is 16.2. The van der Waals surface area contributed by atoms with Crippen molar-refractivity contribution in [3.63, 3.8) is 0 Å². The molecule has 0 N–H and O–H groups in total. The molecule has 4 aromatic rings. The van der Waals surface area contributed by atoms with Crippen LogP contribution >= 0.6 is 11.3 Å². The van der Waals surface area contributed by atoms with Gasteiger partial charge in [-0.3, -0.25) is 9.36 Å². The zero-order valence-corrected chi connectivity index (χ0v) is 20.5. The normalized spacial score (nSPS) is 17.1. The van der Waals surface area contributed by atoms with Gasteiger partial charge in [0.1, 0.15) is 5.82 Å². The quantitative estimate of drug-likeness (QED) is 0.377. The van der Waals surface area contributed by atoms with E-state index in [9.17, 15) is 9.18 Å². The van der Waals surface area contributed by atoms with Crippen LogP contribution in [-0.4, -0.2) is 4.57 Å². The molecule has 6 rings (SSSR count). The minimum absolute atomic E-state index is 0.0542. The van der Waals surface area contributed by atoms with Gasteiger partial charge in [-0.15, -0.1) is 0 Å². The third kappa shape index (κ3) is 3.80. The fourth-order valence-corrected chi connectivity index (χ4v) is 6.10. The molecule has 1 aliphatic carbocycles. The Kier molecular flexibility index (Phi) is 5.37. The average Bonchev–Trinajstić information content (AvgIpc) is 3.18. The van der Waals surface area contributed by atoms with E-state index in [0.29, 0.717) is 15.3 Å². The number of nitrogens with zero attached hydrogens (tertiary/aromatic N) is 2. The van der Waals surface area contributed by atoms with Crippen molar-refractivity contribution in [1.29, 1.82) is 0 Å². The van der Waals surface area contributed by atoms with E-state index in [4.69, 9.17) is 4.99 Å². The van der Waals surface area contributed by atoms with Crippen LogP contribution in [0.4, 0.5) is 4.39 Å². The lowest BCUT2D eigenvalue weighted by Gasteiger charge is -2.30. The van der Waals surface area contributed by atoms with E-state index >= 15 is 0 Å². The second-order valence-electron chi connectivity index (χ2n) is 9.49. The molecule has 35 heavy (non-hydrogen) atoms. The first-order chi connectivity index (χ1) is 17.0. The van der Waals surface area contributed by atoms with Gasteiger partial charge in [-0.25, -0.2) is 9.38 Å². The van der Waals surface area contributed by atoms with Crippen LogP contribution in [0.3, 0.4) is 0 Å². The minimum Gasteiger partial charge on any atom is -0.272 e. The number of hydrogen-bond acceptors (Lipinski definition) is 3. The highest BCUT2D eigenvalue weighted by Gasteiger charge is 2.32. The monoisotopic (exact) mass is 480 g/mol. The lowest BCUT2D eigenvalue weighted by molar-refractivity contribution is 0.581. The van der Waals surface area contributed by atoms with Crippen LogP contribution in [0.25, 0.3) is 11.8 Å². The molecule has 0 saturated carbocycles. The van der Waals surface area contributed by atoms with Gasteiger partial charge in [0.25, 0.3) is 5.56 Å². The summed E-state index contributed by atoms with van der Waals surface area (Å²) in [5, 5.41) is 0. The second kappa shape index (κ2) is 8.58. The van der Waals surface area contributed by atoms with Gasteiger partial charge in [0, 0.05) is 5.56 Å². The van der Waals surface area contributed by atoms with Gasteiger partial charge in [-0.2, -0.15) is 0 Å². The predicted octanol–water partition coefficient (Wildman–Crippen LogP) is 5.58. The van der Waals surface area contributed by atoms with Gasteiger partial charge < -0.3 is 0 Å². The highest BCUT2D eigenvalue weighted by Crippen LogP contribution is 2.41. The van der Waals surface area contributed by atoms with Crippen molar-refractivity contribution >= 4 is 23.1 Å². The van der Waals surface area contributed by atoms with E-state index in [1.807, 2.05) is 12.1 Å². The Balaban J connectivity index is 1.57. The zero-order valence-electron chi connectivity index (χ0n) is 19.7. The molecule has 0 amide bonds. The Hall–Kier alpha value is -3.57. The highest BCUT2D eigenvalue weighted by molar-refractivity contribution is 7.07. The maximum Gasteiger partial charge on any atom is 0.271 e. The lowest BCUT2D eigenvalue weighted by Crippen LogP contribution is -2.38. The molecule has 1 aliphatic heterocycles. The third-order valence-corrected chi connectivity index (χ3v) is 7.94. The maximum atomic E-state index is 13.8. The van der Waals surface area contributed by atoms with Crippen LogP contribution in [0.2, 0.25) is 0 Å². The molecule has 0 radical (unpaired) electrons. The minimum atomic E-state index is -0.291. The second-order valence-corrected chi connectivity index (χ2v) is 10.5. The number of halogens is 1. The first-order valence-electron chi connectivity index (χ1n) is 12.0. The summed E-state index contributed by atoms with van der Waals surface area (Å²) in [5.41, 5.74) is 7.59. The molecule has 2 heterocycles. The summed E-state index contributed by atoms with van der Waals surface area (Å²) in [6.45, 7) is 4.34. The number of benzene rings is 3.